The molecule has 31 heavy (non-hydrogen) atoms. The first kappa shape index (κ1) is 22.3. The van der Waals surface area contributed by atoms with Crippen LogP contribution in [0.4, 0.5) is 15.8 Å². The van der Waals surface area contributed by atoms with Crippen LogP contribution in [0.5, 0.6) is 0 Å². The van der Waals surface area contributed by atoms with Crippen molar-refractivity contribution in [3.05, 3.63) is 57.8 Å². The molecule has 1 fully saturated rings. The lowest BCUT2D eigenvalue weighted by Crippen LogP contribution is -2.40. The van der Waals surface area contributed by atoms with Gasteiger partial charge in [0.25, 0.3) is 0 Å². The molecule has 2 heterocycles. The molecule has 0 spiro atoms. The molecule has 2 aromatic rings. The summed E-state index contributed by atoms with van der Waals surface area (Å²) < 4.78 is 39.6. The third kappa shape index (κ3) is 4.65. The van der Waals surface area contributed by atoms with Crippen molar-refractivity contribution >= 4 is 60.0 Å². The number of fused-ring (bicyclic) bond motifs is 1. The van der Waals surface area contributed by atoms with Crippen molar-refractivity contribution in [3.8, 4) is 0 Å². The molecule has 1 amide bonds. The number of hydrogen-bond donors (Lipinski definition) is 1. The molecule has 2 atom stereocenters. The minimum Gasteiger partial charge on any atom is -0.325 e. The summed E-state index contributed by atoms with van der Waals surface area (Å²) in [5.41, 5.74) is 2.97. The average Bonchev–Trinajstić information content (AvgIpc) is 3.15. The van der Waals surface area contributed by atoms with Crippen LogP contribution in [0, 0.1) is 19.7 Å². The summed E-state index contributed by atoms with van der Waals surface area (Å²) in [6.45, 7) is 3.85. The smallest absolute Gasteiger partial charge is 0.234 e. The maximum absolute atomic E-state index is 14.7. The van der Waals surface area contributed by atoms with Crippen molar-refractivity contribution < 1.29 is 17.6 Å². The number of nitrogens with zero attached hydrogens (tertiary/aromatic N) is 2. The maximum atomic E-state index is 14.7. The van der Waals surface area contributed by atoms with Crippen LogP contribution in [-0.4, -0.2) is 48.8 Å². The monoisotopic (exact) mass is 525 g/mol. The van der Waals surface area contributed by atoms with E-state index in [0.717, 1.165) is 16.8 Å². The van der Waals surface area contributed by atoms with E-state index in [1.807, 2.05) is 32.0 Å². The molecule has 0 radical (unpaired) electrons. The number of anilines is 2. The van der Waals surface area contributed by atoms with Gasteiger partial charge in [-0.2, -0.15) is 0 Å². The number of benzene rings is 2. The van der Waals surface area contributed by atoms with Crippen LogP contribution in [0.25, 0.3) is 0 Å². The zero-order chi connectivity index (χ0) is 22.3. The molecule has 164 valence electrons. The van der Waals surface area contributed by atoms with Gasteiger partial charge in [0.15, 0.2) is 15.0 Å². The number of aliphatic imine (C=N–C) groups is 1. The average molecular weight is 526 g/mol. The number of thioether (sulfide) groups is 1. The van der Waals surface area contributed by atoms with Crippen LogP contribution >= 0.6 is 27.7 Å². The standard InChI is InChI=1S/C21H21BrFN3O3S2/c1-12-4-3-5-13(2)20(12)25-19(27)9-30-21-24-16-10-31(28,29)11-18(16)26(21)17-7-6-14(22)8-15(17)23/h3-8,16,18H,9-11H2,1-2H3,(H,25,27)/t16-,18-/m1/s1. The van der Waals surface area contributed by atoms with Gasteiger partial charge < -0.3 is 10.2 Å². The zero-order valence-electron chi connectivity index (χ0n) is 16.9. The molecule has 6 nitrogen and oxygen atoms in total. The second-order valence-corrected chi connectivity index (χ2v) is 11.7. The summed E-state index contributed by atoms with van der Waals surface area (Å²) in [6, 6.07) is 9.49. The van der Waals surface area contributed by atoms with Gasteiger partial charge in [0.05, 0.1) is 35.0 Å². The number of hydrogen-bond acceptors (Lipinski definition) is 6. The predicted molar refractivity (Wildman–Crippen MR) is 127 cm³/mol. The van der Waals surface area contributed by atoms with Crippen molar-refractivity contribution in [1.82, 2.24) is 0 Å². The highest BCUT2D eigenvalue weighted by Crippen LogP contribution is 2.37. The van der Waals surface area contributed by atoms with E-state index in [2.05, 4.69) is 26.2 Å². The lowest BCUT2D eigenvalue weighted by atomic mass is 10.1. The summed E-state index contributed by atoms with van der Waals surface area (Å²) in [7, 11) is -3.24. The first-order valence-electron chi connectivity index (χ1n) is 9.66. The molecule has 2 aliphatic heterocycles. The SMILES string of the molecule is Cc1cccc(C)c1NC(=O)CSC1=N[C@@H]2CS(=O)(=O)C[C@H]2N1c1ccc(Br)cc1F. The van der Waals surface area contributed by atoms with E-state index in [4.69, 9.17) is 0 Å². The van der Waals surface area contributed by atoms with Crippen molar-refractivity contribution in [2.24, 2.45) is 4.99 Å². The Bertz CT molecular complexity index is 1170. The van der Waals surface area contributed by atoms with Crippen LogP contribution in [-0.2, 0) is 14.6 Å². The quantitative estimate of drug-likeness (QED) is 0.654. The van der Waals surface area contributed by atoms with E-state index in [1.54, 1.807) is 17.0 Å². The fourth-order valence-electron chi connectivity index (χ4n) is 3.91. The highest BCUT2D eigenvalue weighted by molar-refractivity contribution is 9.10. The number of aryl methyl sites for hydroxylation is 2. The number of halogens is 2. The molecular weight excluding hydrogens is 505 g/mol. The van der Waals surface area contributed by atoms with Crippen molar-refractivity contribution in [2.75, 3.05) is 27.5 Å². The second kappa shape index (κ2) is 8.55. The van der Waals surface area contributed by atoms with E-state index >= 15 is 0 Å². The van der Waals surface area contributed by atoms with Crippen LogP contribution in [0.1, 0.15) is 11.1 Å². The molecule has 0 aliphatic carbocycles. The predicted octanol–water partition coefficient (Wildman–Crippen LogP) is 3.92. The van der Waals surface area contributed by atoms with Gasteiger partial charge in [0.1, 0.15) is 5.82 Å². The maximum Gasteiger partial charge on any atom is 0.234 e. The Morgan fingerprint density at radius 2 is 1.97 bits per heavy atom. The minimum absolute atomic E-state index is 0.0645. The molecule has 1 N–H and O–H groups in total. The molecule has 0 aromatic heterocycles. The molecule has 2 aliphatic rings. The number of para-hydroxylation sites is 1. The van der Waals surface area contributed by atoms with Crippen LogP contribution in [0.15, 0.2) is 45.9 Å². The lowest BCUT2D eigenvalue weighted by molar-refractivity contribution is -0.113. The van der Waals surface area contributed by atoms with Crippen LogP contribution in [0.2, 0.25) is 0 Å². The van der Waals surface area contributed by atoms with E-state index in [-0.39, 0.29) is 28.9 Å². The van der Waals surface area contributed by atoms with E-state index in [1.165, 1.54) is 17.8 Å². The number of amides is 1. The Labute approximate surface area is 193 Å². The zero-order valence-corrected chi connectivity index (χ0v) is 20.2. The van der Waals surface area contributed by atoms with Crippen molar-refractivity contribution in [1.29, 1.82) is 0 Å². The summed E-state index contributed by atoms with van der Waals surface area (Å²) in [4.78, 5) is 18.8. The number of sulfone groups is 1. The molecule has 0 saturated carbocycles. The fourth-order valence-corrected chi connectivity index (χ4v) is 7.00. The molecule has 2 aromatic carbocycles. The molecule has 0 bridgehead atoms. The minimum atomic E-state index is -3.24. The van der Waals surface area contributed by atoms with Crippen LogP contribution in [0.3, 0.4) is 0 Å². The Hall–Kier alpha value is -1.91. The van der Waals surface area contributed by atoms with Gasteiger partial charge >= 0.3 is 0 Å². The Balaban J connectivity index is 1.55. The third-order valence-electron chi connectivity index (χ3n) is 5.35. The van der Waals surface area contributed by atoms with Gasteiger partial charge in [-0.15, -0.1) is 0 Å². The van der Waals surface area contributed by atoms with E-state index < -0.39 is 27.7 Å². The number of rotatable bonds is 4. The van der Waals surface area contributed by atoms with Gasteiger partial charge in [0, 0.05) is 10.2 Å². The topological polar surface area (TPSA) is 78.8 Å². The first-order chi connectivity index (χ1) is 14.6. The molecule has 1 saturated heterocycles. The van der Waals surface area contributed by atoms with Gasteiger partial charge in [-0.1, -0.05) is 45.9 Å². The first-order valence-corrected chi connectivity index (χ1v) is 13.3. The van der Waals surface area contributed by atoms with Crippen molar-refractivity contribution in [3.63, 3.8) is 0 Å². The van der Waals surface area contributed by atoms with Gasteiger partial charge in [0.2, 0.25) is 5.91 Å². The second-order valence-electron chi connectivity index (χ2n) is 7.69. The summed E-state index contributed by atoms with van der Waals surface area (Å²) >= 11 is 4.43. The summed E-state index contributed by atoms with van der Waals surface area (Å²) in [5.74, 6) is -0.757. The molecule has 10 heteroatoms. The Kier molecular flexibility index (Phi) is 6.15. The molecular formula is C21H21BrFN3O3S2. The van der Waals surface area contributed by atoms with Gasteiger partial charge in [-0.05, 0) is 43.2 Å². The molecule has 4 rings (SSSR count). The number of carbonyl (C=O) groups excluding carboxylic acids is 1. The van der Waals surface area contributed by atoms with E-state index in [0.29, 0.717) is 9.64 Å². The largest absolute Gasteiger partial charge is 0.325 e. The fraction of sp³-hybridized carbons (Fsp3) is 0.333. The Morgan fingerprint density at radius 1 is 1.26 bits per heavy atom. The highest BCUT2D eigenvalue weighted by atomic mass is 79.9. The lowest BCUT2D eigenvalue weighted by Gasteiger charge is -2.26. The van der Waals surface area contributed by atoms with Gasteiger partial charge in [-0.25, -0.2) is 12.8 Å². The van der Waals surface area contributed by atoms with Gasteiger partial charge in [-0.3, -0.25) is 9.79 Å². The number of amidine groups is 1. The van der Waals surface area contributed by atoms with Crippen LogP contribution < -0.4 is 10.2 Å². The normalized spacial score (nSPS) is 21.7. The number of nitrogens with one attached hydrogen (secondary N) is 1. The number of carbonyl (C=O) groups is 1. The summed E-state index contributed by atoms with van der Waals surface area (Å²) in [5, 5.41) is 3.39. The van der Waals surface area contributed by atoms with E-state index in [9.17, 15) is 17.6 Å². The summed E-state index contributed by atoms with van der Waals surface area (Å²) in [6.07, 6.45) is 0. The molecule has 0 unspecified atom stereocenters. The van der Waals surface area contributed by atoms with Crippen molar-refractivity contribution in [2.45, 2.75) is 25.9 Å². The third-order valence-corrected chi connectivity index (χ3v) is 8.51. The highest BCUT2D eigenvalue weighted by Gasteiger charge is 2.47. The Morgan fingerprint density at radius 3 is 2.65 bits per heavy atom.